The second kappa shape index (κ2) is 10.3. The zero-order valence-electron chi connectivity index (χ0n) is 19.2. The van der Waals surface area contributed by atoms with E-state index in [2.05, 4.69) is 24.9 Å². The van der Waals surface area contributed by atoms with E-state index in [0.717, 1.165) is 35.5 Å². The fourth-order valence-corrected chi connectivity index (χ4v) is 4.14. The van der Waals surface area contributed by atoms with Gasteiger partial charge in [0.25, 0.3) is 5.91 Å². The smallest absolute Gasteiger partial charge is 0.255 e. The Balaban J connectivity index is 1.30. The number of carbonyl (C=O) groups is 1. The van der Waals surface area contributed by atoms with E-state index < -0.39 is 0 Å². The number of aromatic nitrogens is 5. The van der Waals surface area contributed by atoms with Crippen LogP contribution in [0.3, 0.4) is 0 Å². The number of pyridine rings is 1. The first kappa shape index (κ1) is 22.4. The van der Waals surface area contributed by atoms with Crippen LogP contribution in [0.1, 0.15) is 34.8 Å². The maximum atomic E-state index is 13.2. The molecule has 0 aliphatic carbocycles. The maximum Gasteiger partial charge on any atom is 0.255 e. The summed E-state index contributed by atoms with van der Waals surface area (Å²) in [6, 6.07) is 10.9. The molecule has 176 valence electrons. The molecule has 1 amide bonds. The third-order valence-electron chi connectivity index (χ3n) is 5.93. The predicted octanol–water partition coefficient (Wildman–Crippen LogP) is 4.15. The number of benzene rings is 1. The van der Waals surface area contributed by atoms with Gasteiger partial charge in [0.15, 0.2) is 0 Å². The third kappa shape index (κ3) is 5.08. The summed E-state index contributed by atoms with van der Waals surface area (Å²) in [5.41, 5.74) is 2.81. The Morgan fingerprint density at radius 3 is 2.46 bits per heavy atom. The van der Waals surface area contributed by atoms with Crippen LogP contribution in [0.25, 0.3) is 11.3 Å². The third-order valence-corrected chi connectivity index (χ3v) is 5.93. The summed E-state index contributed by atoms with van der Waals surface area (Å²) in [4.78, 5) is 36.6. The molecule has 0 N–H and O–H groups in total. The average Bonchev–Trinajstić information content (AvgIpc) is 2.94. The lowest BCUT2D eigenvalue weighted by molar-refractivity contribution is 0.0704. The van der Waals surface area contributed by atoms with Crippen molar-refractivity contribution in [3.8, 4) is 28.6 Å². The van der Waals surface area contributed by atoms with E-state index in [1.807, 2.05) is 35.2 Å². The molecule has 1 aromatic carbocycles. The van der Waals surface area contributed by atoms with Crippen molar-refractivity contribution in [2.75, 3.05) is 20.2 Å². The van der Waals surface area contributed by atoms with Crippen LogP contribution in [0.4, 0.5) is 0 Å². The highest BCUT2D eigenvalue weighted by atomic mass is 16.5. The molecular formula is C26H24N6O3. The molecule has 0 radical (unpaired) electrons. The first-order valence-electron chi connectivity index (χ1n) is 11.3. The van der Waals surface area contributed by atoms with Crippen molar-refractivity contribution in [1.29, 1.82) is 0 Å². The van der Waals surface area contributed by atoms with Gasteiger partial charge in [-0.25, -0.2) is 15.0 Å². The molecule has 9 nitrogen and oxygen atoms in total. The molecule has 1 saturated heterocycles. The summed E-state index contributed by atoms with van der Waals surface area (Å²) in [5.74, 6) is 1.81. The summed E-state index contributed by atoms with van der Waals surface area (Å²) in [6.45, 7) is 1.21. The number of carbonyl (C=O) groups excluding carboxylic acids is 1. The number of ether oxygens (including phenoxy) is 2. The van der Waals surface area contributed by atoms with Crippen molar-refractivity contribution in [2.24, 2.45) is 0 Å². The monoisotopic (exact) mass is 468 g/mol. The maximum absolute atomic E-state index is 13.2. The molecule has 1 aliphatic rings. The van der Waals surface area contributed by atoms with Crippen molar-refractivity contribution in [3.05, 3.63) is 85.0 Å². The van der Waals surface area contributed by atoms with Crippen molar-refractivity contribution < 1.29 is 14.3 Å². The average molecular weight is 469 g/mol. The number of piperidine rings is 1. The number of nitrogens with zero attached hydrogens (tertiary/aromatic N) is 6. The van der Waals surface area contributed by atoms with Gasteiger partial charge in [0.2, 0.25) is 5.88 Å². The molecule has 1 atom stereocenters. The molecule has 35 heavy (non-hydrogen) atoms. The normalized spacial score (nSPS) is 15.5. The van der Waals surface area contributed by atoms with Crippen LogP contribution in [0.5, 0.6) is 17.4 Å². The van der Waals surface area contributed by atoms with Gasteiger partial charge in [-0.05, 0) is 49.2 Å². The number of amides is 1. The van der Waals surface area contributed by atoms with Gasteiger partial charge >= 0.3 is 0 Å². The van der Waals surface area contributed by atoms with E-state index in [9.17, 15) is 4.79 Å². The van der Waals surface area contributed by atoms with Gasteiger partial charge in [0, 0.05) is 55.6 Å². The van der Waals surface area contributed by atoms with Crippen LogP contribution in [-0.4, -0.2) is 55.9 Å². The molecule has 9 heteroatoms. The minimum absolute atomic E-state index is 0.0170. The Hall–Kier alpha value is -4.40. The molecule has 0 bridgehead atoms. The summed E-state index contributed by atoms with van der Waals surface area (Å²) < 4.78 is 11.3. The molecule has 4 heterocycles. The molecular weight excluding hydrogens is 444 g/mol. The number of methoxy groups -OCH3 is 1. The quantitative estimate of drug-likeness (QED) is 0.416. The van der Waals surface area contributed by atoms with Gasteiger partial charge in [0.05, 0.1) is 18.4 Å². The van der Waals surface area contributed by atoms with Gasteiger partial charge < -0.3 is 14.4 Å². The standard InChI is InChI=1S/C26H24N6O3/c1-34-21-5-7-22(8-6-21)35-25-24(29-10-11-30-25)19-3-2-12-32(16-19)26(33)18-4-9-23(31-15-18)20-13-27-17-28-14-20/h4-11,13-15,17,19H,2-3,12,16H2,1H3/t19-/m1/s1. The zero-order valence-corrected chi connectivity index (χ0v) is 19.2. The summed E-state index contributed by atoms with van der Waals surface area (Å²) >= 11 is 0. The second-order valence-corrected chi connectivity index (χ2v) is 8.17. The molecule has 1 aliphatic heterocycles. The lowest BCUT2D eigenvalue weighted by Crippen LogP contribution is -2.39. The Labute approximate surface area is 202 Å². The Bertz CT molecular complexity index is 1280. The largest absolute Gasteiger partial charge is 0.497 e. The van der Waals surface area contributed by atoms with E-state index in [1.54, 1.807) is 44.2 Å². The predicted molar refractivity (Wildman–Crippen MR) is 128 cm³/mol. The Morgan fingerprint density at radius 1 is 0.943 bits per heavy atom. The SMILES string of the molecule is COc1ccc(Oc2nccnc2[C@@H]2CCCN(C(=O)c3ccc(-c4cncnc4)nc3)C2)cc1. The lowest BCUT2D eigenvalue weighted by atomic mass is 9.94. The van der Waals surface area contributed by atoms with E-state index in [1.165, 1.54) is 6.33 Å². The van der Waals surface area contributed by atoms with E-state index >= 15 is 0 Å². The van der Waals surface area contributed by atoms with Crippen molar-refractivity contribution in [2.45, 2.75) is 18.8 Å². The molecule has 1 fully saturated rings. The van der Waals surface area contributed by atoms with Gasteiger partial charge in [-0.3, -0.25) is 14.8 Å². The molecule has 0 spiro atoms. The Kier molecular flexibility index (Phi) is 6.56. The van der Waals surface area contributed by atoms with E-state index in [0.29, 0.717) is 30.3 Å². The van der Waals surface area contributed by atoms with Gasteiger partial charge in [-0.1, -0.05) is 0 Å². The topological polar surface area (TPSA) is 103 Å². The molecule has 4 aromatic rings. The molecule has 3 aromatic heterocycles. The van der Waals surface area contributed by atoms with Crippen LogP contribution in [0.2, 0.25) is 0 Å². The van der Waals surface area contributed by atoms with Crippen molar-refractivity contribution in [1.82, 2.24) is 29.8 Å². The van der Waals surface area contributed by atoms with Crippen molar-refractivity contribution >= 4 is 5.91 Å². The molecule has 5 rings (SSSR count). The van der Waals surface area contributed by atoms with E-state index in [4.69, 9.17) is 9.47 Å². The number of likely N-dealkylation sites (tertiary alicyclic amines) is 1. The summed E-state index contributed by atoms with van der Waals surface area (Å²) in [6.07, 6.45) is 11.5. The van der Waals surface area contributed by atoms with Gasteiger partial charge in [-0.2, -0.15) is 0 Å². The number of hydrogen-bond donors (Lipinski definition) is 0. The summed E-state index contributed by atoms with van der Waals surface area (Å²) in [7, 11) is 1.62. The highest BCUT2D eigenvalue weighted by molar-refractivity contribution is 5.94. The van der Waals surface area contributed by atoms with Crippen LogP contribution in [0, 0.1) is 0 Å². The zero-order chi connectivity index (χ0) is 24.0. The molecule has 0 saturated carbocycles. The van der Waals surface area contributed by atoms with Crippen LogP contribution in [-0.2, 0) is 0 Å². The van der Waals surface area contributed by atoms with Crippen LogP contribution >= 0.6 is 0 Å². The van der Waals surface area contributed by atoms with Crippen LogP contribution in [0.15, 0.2) is 73.7 Å². The second-order valence-electron chi connectivity index (χ2n) is 8.17. The molecule has 0 unspecified atom stereocenters. The van der Waals surface area contributed by atoms with Gasteiger partial charge in [-0.15, -0.1) is 0 Å². The minimum Gasteiger partial charge on any atom is -0.497 e. The van der Waals surface area contributed by atoms with Gasteiger partial charge in [0.1, 0.15) is 23.5 Å². The minimum atomic E-state index is -0.0559. The fourth-order valence-electron chi connectivity index (χ4n) is 4.14. The summed E-state index contributed by atoms with van der Waals surface area (Å²) in [5, 5.41) is 0. The fraction of sp³-hybridized carbons (Fsp3) is 0.231. The number of hydrogen-bond acceptors (Lipinski definition) is 8. The highest BCUT2D eigenvalue weighted by Gasteiger charge is 2.29. The van der Waals surface area contributed by atoms with E-state index in [-0.39, 0.29) is 11.8 Å². The van der Waals surface area contributed by atoms with Crippen LogP contribution < -0.4 is 9.47 Å². The first-order chi connectivity index (χ1) is 17.2. The number of rotatable bonds is 6. The van der Waals surface area contributed by atoms with Crippen molar-refractivity contribution in [3.63, 3.8) is 0 Å². The Morgan fingerprint density at radius 2 is 1.71 bits per heavy atom. The lowest BCUT2D eigenvalue weighted by Gasteiger charge is -2.32. The first-order valence-corrected chi connectivity index (χ1v) is 11.3. The highest BCUT2D eigenvalue weighted by Crippen LogP contribution is 2.33.